The van der Waals surface area contributed by atoms with Crippen molar-refractivity contribution in [2.45, 2.75) is 19.4 Å². The molecule has 14 heavy (non-hydrogen) atoms. The van der Waals surface area contributed by atoms with Gasteiger partial charge in [-0.25, -0.2) is 4.98 Å². The molecule has 0 aliphatic rings. The SMILES string of the molecule is CC(C)(N)c1ncc2c(Br)cccn12. The second kappa shape index (κ2) is 3.07. The topological polar surface area (TPSA) is 43.3 Å². The first-order chi connectivity index (χ1) is 6.50. The van der Waals surface area contributed by atoms with Crippen molar-refractivity contribution < 1.29 is 0 Å². The predicted octanol–water partition coefficient (Wildman–Crippen LogP) is 2.29. The van der Waals surface area contributed by atoms with E-state index in [1.165, 1.54) is 0 Å². The number of nitrogens with zero attached hydrogens (tertiary/aromatic N) is 2. The molecule has 0 aliphatic heterocycles. The van der Waals surface area contributed by atoms with E-state index >= 15 is 0 Å². The van der Waals surface area contributed by atoms with Gasteiger partial charge < -0.3 is 10.1 Å². The lowest BCUT2D eigenvalue weighted by molar-refractivity contribution is 0.512. The molecular weight excluding hydrogens is 242 g/mol. The Bertz CT molecular complexity index is 468. The fourth-order valence-electron chi connectivity index (χ4n) is 1.46. The summed E-state index contributed by atoms with van der Waals surface area (Å²) in [5.74, 6) is 0.869. The molecule has 2 N–H and O–H groups in total. The van der Waals surface area contributed by atoms with Crippen LogP contribution in [-0.4, -0.2) is 9.38 Å². The van der Waals surface area contributed by atoms with Crippen LogP contribution in [0.15, 0.2) is 29.0 Å². The number of rotatable bonds is 1. The predicted molar refractivity (Wildman–Crippen MR) is 60.1 cm³/mol. The molecule has 0 radical (unpaired) electrons. The van der Waals surface area contributed by atoms with E-state index in [-0.39, 0.29) is 0 Å². The van der Waals surface area contributed by atoms with Gasteiger partial charge in [0.05, 0.1) is 17.3 Å². The monoisotopic (exact) mass is 253 g/mol. The van der Waals surface area contributed by atoms with E-state index in [9.17, 15) is 0 Å². The third-order valence-corrected chi connectivity index (χ3v) is 2.77. The van der Waals surface area contributed by atoms with Gasteiger partial charge in [-0.15, -0.1) is 0 Å². The van der Waals surface area contributed by atoms with Gasteiger partial charge in [-0.2, -0.15) is 0 Å². The van der Waals surface area contributed by atoms with E-state index in [1.54, 1.807) is 0 Å². The zero-order valence-corrected chi connectivity index (χ0v) is 9.75. The molecule has 3 nitrogen and oxygen atoms in total. The standard InChI is InChI=1S/C10H12BrN3/c1-10(2,12)9-13-6-8-7(11)4-3-5-14(8)9/h3-6H,12H2,1-2H3. The molecule has 4 heteroatoms. The van der Waals surface area contributed by atoms with Crippen molar-refractivity contribution in [1.82, 2.24) is 9.38 Å². The van der Waals surface area contributed by atoms with Crippen LogP contribution >= 0.6 is 15.9 Å². The first-order valence-corrected chi connectivity index (χ1v) is 5.20. The van der Waals surface area contributed by atoms with Gasteiger partial charge in [0.2, 0.25) is 0 Å². The number of imidazole rings is 1. The molecule has 0 unspecified atom stereocenters. The van der Waals surface area contributed by atoms with Crippen LogP contribution in [0.5, 0.6) is 0 Å². The molecular formula is C10H12BrN3. The van der Waals surface area contributed by atoms with Crippen molar-refractivity contribution >= 4 is 21.4 Å². The van der Waals surface area contributed by atoms with Crippen molar-refractivity contribution in [3.05, 3.63) is 34.8 Å². The number of aromatic nitrogens is 2. The molecule has 0 atom stereocenters. The van der Waals surface area contributed by atoms with Crippen LogP contribution in [0.1, 0.15) is 19.7 Å². The normalized spacial score (nSPS) is 12.3. The van der Waals surface area contributed by atoms with Gasteiger partial charge in [0.1, 0.15) is 5.82 Å². The maximum atomic E-state index is 6.02. The van der Waals surface area contributed by atoms with Crippen LogP contribution in [0, 0.1) is 0 Å². The molecule has 0 fully saturated rings. The number of nitrogens with two attached hydrogens (primary N) is 1. The minimum Gasteiger partial charge on any atom is -0.319 e. The van der Waals surface area contributed by atoms with E-state index in [4.69, 9.17) is 5.73 Å². The summed E-state index contributed by atoms with van der Waals surface area (Å²) in [6, 6.07) is 3.96. The zero-order chi connectivity index (χ0) is 10.3. The smallest absolute Gasteiger partial charge is 0.132 e. The van der Waals surface area contributed by atoms with Crippen LogP contribution in [0.4, 0.5) is 0 Å². The number of halogens is 1. The quantitative estimate of drug-likeness (QED) is 0.848. The molecule has 2 aromatic heterocycles. The third kappa shape index (κ3) is 1.44. The van der Waals surface area contributed by atoms with Crippen LogP contribution in [-0.2, 0) is 5.54 Å². The summed E-state index contributed by atoms with van der Waals surface area (Å²) in [6.07, 6.45) is 3.80. The molecule has 0 bridgehead atoms. The molecule has 2 rings (SSSR count). The Balaban J connectivity index is 2.76. The van der Waals surface area contributed by atoms with Gasteiger partial charge in [-0.3, -0.25) is 0 Å². The number of hydrogen-bond donors (Lipinski definition) is 1. The zero-order valence-electron chi connectivity index (χ0n) is 8.16. The summed E-state index contributed by atoms with van der Waals surface area (Å²) in [6.45, 7) is 3.89. The largest absolute Gasteiger partial charge is 0.319 e. The van der Waals surface area contributed by atoms with Gasteiger partial charge in [0, 0.05) is 10.7 Å². The minimum absolute atomic E-state index is 0.423. The average Bonchev–Trinajstić information content (AvgIpc) is 2.47. The van der Waals surface area contributed by atoms with Gasteiger partial charge >= 0.3 is 0 Å². The maximum Gasteiger partial charge on any atom is 0.132 e. The summed E-state index contributed by atoms with van der Waals surface area (Å²) in [5.41, 5.74) is 6.64. The Morgan fingerprint density at radius 2 is 2.21 bits per heavy atom. The minimum atomic E-state index is -0.423. The fourth-order valence-corrected chi connectivity index (χ4v) is 1.91. The Morgan fingerprint density at radius 3 is 2.86 bits per heavy atom. The summed E-state index contributed by atoms with van der Waals surface area (Å²) in [7, 11) is 0. The Labute approximate surface area is 91.1 Å². The highest BCUT2D eigenvalue weighted by Crippen LogP contribution is 2.22. The second-order valence-corrected chi connectivity index (χ2v) is 4.77. The third-order valence-electron chi connectivity index (χ3n) is 2.10. The fraction of sp³-hybridized carbons (Fsp3) is 0.300. The van der Waals surface area contributed by atoms with Gasteiger partial charge in [-0.05, 0) is 41.9 Å². The molecule has 0 saturated heterocycles. The molecule has 0 aromatic carbocycles. The summed E-state index contributed by atoms with van der Waals surface area (Å²) in [4.78, 5) is 4.34. The van der Waals surface area contributed by atoms with Gasteiger partial charge in [0.15, 0.2) is 0 Å². The van der Waals surface area contributed by atoms with E-state index in [2.05, 4.69) is 20.9 Å². The molecule has 0 aliphatic carbocycles. The number of fused-ring (bicyclic) bond motifs is 1. The molecule has 74 valence electrons. The van der Waals surface area contributed by atoms with Crippen molar-refractivity contribution in [1.29, 1.82) is 0 Å². The number of pyridine rings is 1. The molecule has 0 spiro atoms. The van der Waals surface area contributed by atoms with Crippen molar-refractivity contribution in [2.24, 2.45) is 5.73 Å². The van der Waals surface area contributed by atoms with E-state index in [0.717, 1.165) is 15.8 Å². The molecule has 2 aromatic rings. The lowest BCUT2D eigenvalue weighted by Gasteiger charge is -2.16. The first-order valence-electron chi connectivity index (χ1n) is 4.41. The van der Waals surface area contributed by atoms with Crippen molar-refractivity contribution in [3.63, 3.8) is 0 Å². The lowest BCUT2D eigenvalue weighted by atomic mass is 10.1. The van der Waals surface area contributed by atoms with Crippen LogP contribution in [0.2, 0.25) is 0 Å². The Morgan fingerprint density at radius 1 is 1.50 bits per heavy atom. The molecule has 2 heterocycles. The second-order valence-electron chi connectivity index (χ2n) is 3.91. The lowest BCUT2D eigenvalue weighted by Crippen LogP contribution is -2.31. The summed E-state index contributed by atoms with van der Waals surface area (Å²) in [5, 5.41) is 0. The highest BCUT2D eigenvalue weighted by atomic mass is 79.9. The van der Waals surface area contributed by atoms with Gasteiger partial charge in [-0.1, -0.05) is 0 Å². The Kier molecular flexibility index (Phi) is 2.12. The summed E-state index contributed by atoms with van der Waals surface area (Å²) >= 11 is 3.48. The maximum absolute atomic E-state index is 6.02. The van der Waals surface area contributed by atoms with E-state index < -0.39 is 5.54 Å². The van der Waals surface area contributed by atoms with Crippen LogP contribution in [0.3, 0.4) is 0 Å². The van der Waals surface area contributed by atoms with Crippen molar-refractivity contribution in [2.75, 3.05) is 0 Å². The summed E-state index contributed by atoms with van der Waals surface area (Å²) < 4.78 is 3.03. The van der Waals surface area contributed by atoms with E-state index in [0.29, 0.717) is 0 Å². The highest BCUT2D eigenvalue weighted by molar-refractivity contribution is 9.10. The Hall–Kier alpha value is -0.870. The number of hydrogen-bond acceptors (Lipinski definition) is 2. The van der Waals surface area contributed by atoms with Crippen LogP contribution < -0.4 is 5.73 Å². The van der Waals surface area contributed by atoms with Crippen molar-refractivity contribution in [3.8, 4) is 0 Å². The highest BCUT2D eigenvalue weighted by Gasteiger charge is 2.20. The van der Waals surface area contributed by atoms with Gasteiger partial charge in [0.25, 0.3) is 0 Å². The first kappa shape index (κ1) is 9.68. The average molecular weight is 254 g/mol. The van der Waals surface area contributed by atoms with Crippen LogP contribution in [0.25, 0.3) is 5.52 Å². The molecule has 0 saturated carbocycles. The van der Waals surface area contributed by atoms with E-state index in [1.807, 2.05) is 42.8 Å². The molecule has 0 amide bonds.